The van der Waals surface area contributed by atoms with E-state index in [1.165, 1.54) is 9.80 Å². The van der Waals surface area contributed by atoms with Crippen molar-refractivity contribution in [1.29, 1.82) is 0 Å². The first kappa shape index (κ1) is 28.5. The number of para-hydroxylation sites is 1. The largest absolute Gasteiger partial charge is 0.508 e. The smallest absolute Gasteiger partial charge is 0.241 e. The molecule has 5 aliphatic rings. The van der Waals surface area contributed by atoms with Crippen molar-refractivity contribution >= 4 is 35.0 Å². The van der Waals surface area contributed by atoms with Gasteiger partial charge in [0.05, 0.1) is 40.8 Å². The molecule has 232 valence electrons. The van der Waals surface area contributed by atoms with E-state index in [1.54, 1.807) is 48.7 Å². The Hall–Kier alpha value is -4.98. The summed E-state index contributed by atoms with van der Waals surface area (Å²) in [5, 5.41) is 10.2. The number of benzene rings is 3. The highest BCUT2D eigenvalue weighted by atomic mass is 16.5. The van der Waals surface area contributed by atoms with Crippen molar-refractivity contribution in [2.45, 2.75) is 39.5 Å². The van der Waals surface area contributed by atoms with Crippen LogP contribution in [0.4, 0.5) is 11.4 Å². The van der Waals surface area contributed by atoms with Gasteiger partial charge in [-0.25, -0.2) is 4.90 Å². The Morgan fingerprint density at radius 2 is 1.61 bits per heavy atom. The van der Waals surface area contributed by atoms with Gasteiger partial charge < -0.3 is 9.84 Å². The van der Waals surface area contributed by atoms with E-state index < -0.39 is 35.0 Å². The Morgan fingerprint density at radius 1 is 0.870 bits per heavy atom. The van der Waals surface area contributed by atoms with Crippen LogP contribution in [0.1, 0.15) is 37.8 Å². The van der Waals surface area contributed by atoms with Crippen LogP contribution in [0.25, 0.3) is 0 Å². The van der Waals surface area contributed by atoms with Crippen molar-refractivity contribution < 1.29 is 29.0 Å². The number of fused-ring (bicyclic) bond motifs is 5. The number of anilines is 2. The number of hydrogen-bond donors (Lipinski definition) is 1. The maximum atomic E-state index is 14.6. The fraction of sp³-hybridized carbons (Fsp3) is 0.316. The van der Waals surface area contributed by atoms with Gasteiger partial charge in [-0.3, -0.25) is 24.1 Å². The number of aromatic hydroxyl groups is 1. The van der Waals surface area contributed by atoms with Crippen LogP contribution in [0.5, 0.6) is 11.5 Å². The molecule has 46 heavy (non-hydrogen) atoms. The van der Waals surface area contributed by atoms with E-state index in [0.717, 1.165) is 28.7 Å². The molecule has 8 heteroatoms. The molecule has 1 saturated carbocycles. The molecule has 6 atom stereocenters. The van der Waals surface area contributed by atoms with E-state index in [0.29, 0.717) is 36.4 Å². The zero-order valence-electron chi connectivity index (χ0n) is 25.7. The third-order valence-corrected chi connectivity index (χ3v) is 11.0. The van der Waals surface area contributed by atoms with E-state index in [1.807, 2.05) is 37.3 Å². The highest BCUT2D eigenvalue weighted by Crippen LogP contribution is 2.63. The number of nitrogens with zero attached hydrogens (tertiary/aromatic N) is 2. The number of ether oxygens (including phenoxy) is 1. The lowest BCUT2D eigenvalue weighted by atomic mass is 9.51. The van der Waals surface area contributed by atoms with Crippen molar-refractivity contribution in [3.8, 4) is 11.5 Å². The first-order chi connectivity index (χ1) is 22.2. The molecule has 1 N–H and O–H groups in total. The van der Waals surface area contributed by atoms with Crippen molar-refractivity contribution in [2.75, 3.05) is 9.80 Å². The summed E-state index contributed by atoms with van der Waals surface area (Å²) in [5.41, 5.74) is 3.54. The monoisotopic (exact) mass is 614 g/mol. The number of phenolic OH excluding ortho intramolecular Hbond substituents is 1. The van der Waals surface area contributed by atoms with Gasteiger partial charge in [0.25, 0.3) is 0 Å². The maximum absolute atomic E-state index is 14.6. The third kappa shape index (κ3) is 3.92. The minimum atomic E-state index is -1.15. The van der Waals surface area contributed by atoms with Gasteiger partial charge in [0.2, 0.25) is 23.6 Å². The Bertz CT molecular complexity index is 1880. The first-order valence-electron chi connectivity index (χ1n) is 16.0. The second kappa shape index (κ2) is 10.3. The average Bonchev–Trinajstić information content (AvgIpc) is 3.44. The van der Waals surface area contributed by atoms with Gasteiger partial charge >= 0.3 is 0 Å². The number of imide groups is 2. The normalized spacial score (nSPS) is 29.8. The molecule has 2 aliphatic carbocycles. The molecule has 8 nitrogen and oxygen atoms in total. The Morgan fingerprint density at radius 3 is 2.35 bits per heavy atom. The number of rotatable bonds is 4. The van der Waals surface area contributed by atoms with Gasteiger partial charge in [0, 0.05) is 17.9 Å². The minimum absolute atomic E-state index is 0.110. The van der Waals surface area contributed by atoms with Gasteiger partial charge in [-0.2, -0.15) is 0 Å². The lowest BCUT2D eigenvalue weighted by Crippen LogP contribution is -2.51. The van der Waals surface area contributed by atoms with Gasteiger partial charge in [0.15, 0.2) is 0 Å². The number of amides is 4. The summed E-state index contributed by atoms with van der Waals surface area (Å²) >= 11 is 0. The summed E-state index contributed by atoms with van der Waals surface area (Å²) in [6, 6.07) is 21.4. The van der Waals surface area contributed by atoms with Crippen LogP contribution in [0.2, 0.25) is 0 Å². The highest BCUT2D eigenvalue weighted by Gasteiger charge is 2.68. The molecule has 4 amide bonds. The number of carbonyl (C=O) groups is 4. The topological polar surface area (TPSA) is 104 Å². The maximum Gasteiger partial charge on any atom is 0.241 e. The molecule has 0 unspecified atom stereocenters. The number of hydrogen-bond acceptors (Lipinski definition) is 6. The quantitative estimate of drug-likeness (QED) is 0.297. The fourth-order valence-electron chi connectivity index (χ4n) is 8.80. The summed E-state index contributed by atoms with van der Waals surface area (Å²) in [7, 11) is 0. The Balaban J connectivity index is 1.24. The van der Waals surface area contributed by atoms with Gasteiger partial charge in [-0.15, -0.1) is 0 Å². The molecule has 2 saturated heterocycles. The van der Waals surface area contributed by atoms with E-state index in [-0.39, 0.29) is 29.4 Å². The molecule has 3 aromatic carbocycles. The average molecular weight is 615 g/mol. The van der Waals surface area contributed by atoms with Crippen LogP contribution in [0, 0.1) is 35.0 Å². The predicted octanol–water partition coefficient (Wildman–Crippen LogP) is 5.74. The summed E-state index contributed by atoms with van der Waals surface area (Å²) in [6.45, 7) is 3.93. The molecule has 3 heterocycles. The molecular formula is C38H34N2O6. The fourth-order valence-corrected chi connectivity index (χ4v) is 8.80. The highest BCUT2D eigenvalue weighted by molar-refractivity contribution is 6.25. The van der Waals surface area contributed by atoms with E-state index in [9.17, 15) is 24.3 Å². The lowest BCUT2D eigenvalue weighted by Gasteiger charge is -2.49. The predicted molar refractivity (Wildman–Crippen MR) is 171 cm³/mol. The summed E-state index contributed by atoms with van der Waals surface area (Å²) < 4.78 is 6.07. The second-order valence-electron chi connectivity index (χ2n) is 13.3. The number of phenols is 1. The lowest BCUT2D eigenvalue weighted by molar-refractivity contribution is -0.132. The summed E-state index contributed by atoms with van der Waals surface area (Å²) in [5.74, 6) is -3.15. The van der Waals surface area contributed by atoms with Crippen LogP contribution in [0.15, 0.2) is 96.3 Å². The number of aryl methyl sites for hydroxylation is 1. The molecule has 3 aliphatic heterocycles. The molecule has 0 radical (unpaired) electrons. The SMILES string of the molecule is CCc1ccc(N2C(=O)[C@H]3[C@H](CC=C4[C@H](C5=COc6ccc(O)cc6C5)[C@]5(C)C(=O)N(c6ccccc6)C(=O)[C@@H]5C[C@H]43)C2=O)cc1. The number of carbonyl (C=O) groups excluding carboxylic acids is 4. The second-order valence-corrected chi connectivity index (χ2v) is 13.3. The molecular weight excluding hydrogens is 580 g/mol. The van der Waals surface area contributed by atoms with Gasteiger partial charge in [0.1, 0.15) is 11.5 Å². The van der Waals surface area contributed by atoms with Crippen LogP contribution in [0.3, 0.4) is 0 Å². The number of allylic oxidation sites excluding steroid dienone is 3. The molecule has 3 aromatic rings. The Kier molecular flexibility index (Phi) is 6.36. The third-order valence-electron chi connectivity index (χ3n) is 11.0. The van der Waals surface area contributed by atoms with Gasteiger partial charge in [-0.1, -0.05) is 48.9 Å². The molecule has 0 aromatic heterocycles. The molecule has 0 bridgehead atoms. The van der Waals surface area contributed by atoms with Gasteiger partial charge in [-0.05, 0) is 85.7 Å². The van der Waals surface area contributed by atoms with E-state index in [2.05, 4.69) is 13.0 Å². The van der Waals surface area contributed by atoms with Crippen molar-refractivity contribution in [2.24, 2.45) is 35.0 Å². The summed E-state index contributed by atoms with van der Waals surface area (Å²) in [4.78, 5) is 59.7. The van der Waals surface area contributed by atoms with Crippen LogP contribution < -0.4 is 14.5 Å². The van der Waals surface area contributed by atoms with Crippen molar-refractivity contribution in [3.05, 3.63) is 107 Å². The Labute approximate surface area is 267 Å². The van der Waals surface area contributed by atoms with Crippen LogP contribution in [-0.4, -0.2) is 28.7 Å². The zero-order valence-corrected chi connectivity index (χ0v) is 25.7. The first-order valence-corrected chi connectivity index (χ1v) is 16.0. The van der Waals surface area contributed by atoms with E-state index in [4.69, 9.17) is 4.74 Å². The zero-order chi connectivity index (χ0) is 31.9. The van der Waals surface area contributed by atoms with Crippen molar-refractivity contribution in [3.63, 3.8) is 0 Å². The van der Waals surface area contributed by atoms with Crippen LogP contribution in [-0.2, 0) is 32.0 Å². The van der Waals surface area contributed by atoms with E-state index >= 15 is 0 Å². The molecule has 3 fully saturated rings. The molecule has 8 rings (SSSR count). The van der Waals surface area contributed by atoms with Crippen molar-refractivity contribution in [1.82, 2.24) is 0 Å². The van der Waals surface area contributed by atoms with Crippen LogP contribution >= 0.6 is 0 Å². The minimum Gasteiger partial charge on any atom is -0.508 e. The molecule has 0 spiro atoms. The summed E-state index contributed by atoms with van der Waals surface area (Å²) in [6.07, 6.45) is 5.65. The standard InChI is InChI=1S/C38H34N2O6/c1-3-21-9-11-25(12-10-21)39-34(42)28-15-14-27-29(32(28)36(39)44)19-30-35(43)40(24-7-5-4-6-8-24)37(45)38(30,2)33(27)23-17-22-18-26(41)13-16-31(22)46-20-23/h4-14,16,18,20,28-30,32-33,41H,3,15,17,19H2,1-2H3/t28-,29+,30-,32-,33-,38+/m0/s1.